The first kappa shape index (κ1) is 15.9. The van der Waals surface area contributed by atoms with Gasteiger partial charge in [-0.1, -0.05) is 11.6 Å². The predicted octanol–water partition coefficient (Wildman–Crippen LogP) is 4.67. The van der Waals surface area contributed by atoms with Crippen LogP contribution in [0.25, 0.3) is 0 Å². The van der Waals surface area contributed by atoms with Crippen molar-refractivity contribution in [2.75, 3.05) is 10.6 Å². The Balaban J connectivity index is 1.92. The van der Waals surface area contributed by atoms with Gasteiger partial charge in [0.05, 0.1) is 11.4 Å². The van der Waals surface area contributed by atoms with Crippen molar-refractivity contribution >= 4 is 29.1 Å². The summed E-state index contributed by atoms with van der Waals surface area (Å²) < 4.78 is 0. The third-order valence-corrected chi connectivity index (χ3v) is 3.68. The summed E-state index contributed by atoms with van der Waals surface area (Å²) in [5, 5.41) is 17.0. The molecular formula is C17H21ClN4O. The van der Waals surface area contributed by atoms with Crippen LogP contribution in [-0.2, 0) is 0 Å². The Kier molecular flexibility index (Phi) is 4.06. The van der Waals surface area contributed by atoms with Crippen molar-refractivity contribution in [2.24, 2.45) is 0 Å². The maximum atomic E-state index is 9.96. The molecular weight excluding hydrogens is 312 g/mol. The third-order valence-electron chi connectivity index (χ3n) is 3.45. The van der Waals surface area contributed by atoms with Gasteiger partial charge in [0, 0.05) is 22.5 Å². The molecule has 5 nitrogen and oxygen atoms in total. The predicted molar refractivity (Wildman–Crippen MR) is 93.8 cm³/mol. The van der Waals surface area contributed by atoms with Gasteiger partial charge >= 0.3 is 0 Å². The number of anilines is 3. The summed E-state index contributed by atoms with van der Waals surface area (Å²) in [6, 6.07) is 6.81. The number of nitrogens with zero attached hydrogens (tertiary/aromatic N) is 2. The highest BCUT2D eigenvalue weighted by Gasteiger charge is 2.27. The molecule has 0 bridgehead atoms. The molecule has 1 fully saturated rings. The van der Waals surface area contributed by atoms with Crippen LogP contribution < -0.4 is 10.6 Å². The van der Waals surface area contributed by atoms with E-state index in [1.54, 1.807) is 18.2 Å². The van der Waals surface area contributed by atoms with E-state index in [2.05, 4.69) is 41.4 Å². The Morgan fingerprint density at radius 3 is 2.57 bits per heavy atom. The van der Waals surface area contributed by atoms with E-state index in [1.165, 1.54) is 0 Å². The van der Waals surface area contributed by atoms with E-state index in [9.17, 15) is 5.11 Å². The van der Waals surface area contributed by atoms with E-state index in [4.69, 9.17) is 11.6 Å². The highest BCUT2D eigenvalue weighted by Crippen LogP contribution is 2.40. The Labute approximate surface area is 141 Å². The largest absolute Gasteiger partial charge is 0.506 e. The van der Waals surface area contributed by atoms with Crippen LogP contribution in [0.5, 0.6) is 5.75 Å². The zero-order chi connectivity index (χ0) is 16.6. The summed E-state index contributed by atoms with van der Waals surface area (Å²) in [6.07, 6.45) is 2.32. The lowest BCUT2D eigenvalue weighted by molar-refractivity contribution is 0.477. The quantitative estimate of drug-likeness (QED) is 0.710. The first-order valence-electron chi connectivity index (χ1n) is 7.73. The Bertz CT molecular complexity index is 723. The van der Waals surface area contributed by atoms with Crippen molar-refractivity contribution in [1.29, 1.82) is 0 Å². The average Bonchev–Trinajstić information content (AvgIpc) is 3.25. The standard InChI is InChI=1S/C17H21ClN4O/c1-17(2,3)22-16-20-12(10-4-5-10)9-15(21-16)19-13-8-11(18)6-7-14(13)23/h6-10,23H,4-5H2,1-3H3,(H2,19,20,21,22). The van der Waals surface area contributed by atoms with E-state index in [1.807, 2.05) is 6.07 Å². The third kappa shape index (κ3) is 4.26. The van der Waals surface area contributed by atoms with Crippen molar-refractivity contribution < 1.29 is 5.11 Å². The van der Waals surface area contributed by atoms with Crippen LogP contribution in [0.3, 0.4) is 0 Å². The first-order valence-corrected chi connectivity index (χ1v) is 8.11. The number of phenolic OH excluding ortho intramolecular Hbond substituents is 1. The molecule has 6 heteroatoms. The Morgan fingerprint density at radius 2 is 1.91 bits per heavy atom. The number of hydrogen-bond acceptors (Lipinski definition) is 5. The van der Waals surface area contributed by atoms with Gasteiger partial charge in [0.2, 0.25) is 5.95 Å². The maximum absolute atomic E-state index is 9.96. The molecule has 3 N–H and O–H groups in total. The van der Waals surface area contributed by atoms with E-state index in [0.717, 1.165) is 18.5 Å². The van der Waals surface area contributed by atoms with E-state index in [-0.39, 0.29) is 11.3 Å². The molecule has 0 unspecified atom stereocenters. The maximum Gasteiger partial charge on any atom is 0.225 e. The van der Waals surface area contributed by atoms with Crippen LogP contribution in [0, 0.1) is 0 Å². The molecule has 1 aromatic heterocycles. The zero-order valence-electron chi connectivity index (χ0n) is 13.5. The highest BCUT2D eigenvalue weighted by molar-refractivity contribution is 6.30. The average molecular weight is 333 g/mol. The summed E-state index contributed by atoms with van der Waals surface area (Å²) in [5.41, 5.74) is 1.42. The van der Waals surface area contributed by atoms with Gasteiger partial charge in [-0.2, -0.15) is 4.98 Å². The van der Waals surface area contributed by atoms with Gasteiger partial charge < -0.3 is 15.7 Å². The minimum Gasteiger partial charge on any atom is -0.506 e. The summed E-state index contributed by atoms with van der Waals surface area (Å²) in [5.74, 6) is 1.87. The molecule has 23 heavy (non-hydrogen) atoms. The number of halogens is 1. The van der Waals surface area contributed by atoms with Crippen LogP contribution in [0.2, 0.25) is 5.02 Å². The SMILES string of the molecule is CC(C)(C)Nc1nc(Nc2cc(Cl)ccc2O)cc(C2CC2)n1. The molecule has 3 rings (SSSR count). The normalized spacial score (nSPS) is 14.6. The highest BCUT2D eigenvalue weighted by atomic mass is 35.5. The fraction of sp³-hybridized carbons (Fsp3) is 0.412. The van der Waals surface area contributed by atoms with Crippen LogP contribution in [-0.4, -0.2) is 20.6 Å². The molecule has 0 radical (unpaired) electrons. The molecule has 0 atom stereocenters. The van der Waals surface area contributed by atoms with Crippen LogP contribution in [0.4, 0.5) is 17.5 Å². The summed E-state index contributed by atoms with van der Waals surface area (Å²) in [7, 11) is 0. The topological polar surface area (TPSA) is 70.1 Å². The lowest BCUT2D eigenvalue weighted by Gasteiger charge is -2.21. The number of aromatic nitrogens is 2. The Hall–Kier alpha value is -2.01. The smallest absolute Gasteiger partial charge is 0.225 e. The molecule has 1 aromatic carbocycles. The molecule has 2 aromatic rings. The molecule has 1 aliphatic rings. The van der Waals surface area contributed by atoms with Crippen LogP contribution >= 0.6 is 11.6 Å². The zero-order valence-corrected chi connectivity index (χ0v) is 14.3. The number of benzene rings is 1. The second kappa shape index (κ2) is 5.89. The lowest BCUT2D eigenvalue weighted by Crippen LogP contribution is -2.27. The minimum absolute atomic E-state index is 0.127. The van der Waals surface area contributed by atoms with E-state index in [0.29, 0.717) is 28.4 Å². The van der Waals surface area contributed by atoms with Crippen molar-refractivity contribution in [1.82, 2.24) is 9.97 Å². The van der Waals surface area contributed by atoms with E-state index < -0.39 is 0 Å². The molecule has 0 aliphatic heterocycles. The monoisotopic (exact) mass is 332 g/mol. The minimum atomic E-state index is -0.127. The molecule has 0 amide bonds. The van der Waals surface area contributed by atoms with Crippen LogP contribution in [0.15, 0.2) is 24.3 Å². The number of nitrogens with one attached hydrogen (secondary N) is 2. The number of phenols is 1. The van der Waals surface area contributed by atoms with E-state index >= 15 is 0 Å². The molecule has 1 aliphatic carbocycles. The Morgan fingerprint density at radius 1 is 1.17 bits per heavy atom. The van der Waals surface area contributed by atoms with Gasteiger partial charge in [-0.15, -0.1) is 0 Å². The second-order valence-electron chi connectivity index (χ2n) is 6.94. The van der Waals surface area contributed by atoms with Gasteiger partial charge in [-0.3, -0.25) is 0 Å². The van der Waals surface area contributed by atoms with Gasteiger partial charge in [0.1, 0.15) is 11.6 Å². The van der Waals surface area contributed by atoms with Crippen molar-refractivity contribution in [3.63, 3.8) is 0 Å². The molecule has 122 valence electrons. The number of hydrogen-bond donors (Lipinski definition) is 3. The second-order valence-corrected chi connectivity index (χ2v) is 7.37. The fourth-order valence-corrected chi connectivity index (χ4v) is 2.43. The van der Waals surface area contributed by atoms with Gasteiger partial charge in [-0.05, 0) is 51.8 Å². The molecule has 0 saturated heterocycles. The van der Waals surface area contributed by atoms with Gasteiger partial charge in [-0.25, -0.2) is 4.98 Å². The van der Waals surface area contributed by atoms with Crippen LogP contribution in [0.1, 0.15) is 45.2 Å². The van der Waals surface area contributed by atoms with Crippen molar-refractivity contribution in [2.45, 2.75) is 45.1 Å². The fourth-order valence-electron chi connectivity index (χ4n) is 2.26. The van der Waals surface area contributed by atoms with Gasteiger partial charge in [0.15, 0.2) is 0 Å². The van der Waals surface area contributed by atoms with Gasteiger partial charge in [0.25, 0.3) is 0 Å². The van der Waals surface area contributed by atoms with Crippen molar-refractivity contribution in [3.8, 4) is 5.75 Å². The summed E-state index contributed by atoms with van der Waals surface area (Å²) in [4.78, 5) is 9.12. The first-order chi connectivity index (χ1) is 10.8. The molecule has 0 spiro atoms. The number of rotatable bonds is 4. The summed E-state index contributed by atoms with van der Waals surface area (Å²) in [6.45, 7) is 6.20. The number of aromatic hydroxyl groups is 1. The molecule has 1 heterocycles. The van der Waals surface area contributed by atoms with Crippen molar-refractivity contribution in [3.05, 3.63) is 35.0 Å². The lowest BCUT2D eigenvalue weighted by atomic mass is 10.1. The molecule has 1 saturated carbocycles. The summed E-state index contributed by atoms with van der Waals surface area (Å²) >= 11 is 6.00.